The van der Waals surface area contributed by atoms with Gasteiger partial charge in [0.1, 0.15) is 0 Å². The number of nitrogens with zero attached hydrogens (tertiary/aromatic N) is 1. The average Bonchev–Trinajstić information content (AvgIpc) is 3.10. The van der Waals surface area contributed by atoms with Gasteiger partial charge in [0.25, 0.3) is 0 Å². The molecule has 15 heavy (non-hydrogen) atoms. The first-order valence-electron chi connectivity index (χ1n) is 6.30. The second kappa shape index (κ2) is 4.97. The van der Waals surface area contributed by atoms with E-state index in [0.717, 1.165) is 44.9 Å². The summed E-state index contributed by atoms with van der Waals surface area (Å²) in [6.07, 6.45) is 4.88. The number of hydrogen-bond donors (Lipinski definition) is 1. The predicted octanol–water partition coefficient (Wildman–Crippen LogP) is 1.24. The highest BCUT2D eigenvalue weighted by molar-refractivity contribution is 5.79. The maximum Gasteiger partial charge on any atom is 0.226 e. The minimum atomic E-state index is 0.248. The number of piperidine rings is 1. The molecule has 0 aromatic heterocycles. The van der Waals surface area contributed by atoms with Gasteiger partial charge >= 0.3 is 0 Å². The molecule has 1 atom stereocenters. The van der Waals surface area contributed by atoms with E-state index < -0.39 is 0 Å². The highest BCUT2D eigenvalue weighted by Gasteiger charge is 2.29. The number of amides is 1. The van der Waals surface area contributed by atoms with Crippen LogP contribution in [0.4, 0.5) is 0 Å². The van der Waals surface area contributed by atoms with E-state index in [2.05, 4.69) is 17.1 Å². The first-order valence-corrected chi connectivity index (χ1v) is 6.30. The molecule has 3 heteroatoms. The van der Waals surface area contributed by atoms with E-state index in [-0.39, 0.29) is 5.92 Å². The quantitative estimate of drug-likeness (QED) is 0.757. The van der Waals surface area contributed by atoms with Gasteiger partial charge in [-0.3, -0.25) is 4.79 Å². The van der Waals surface area contributed by atoms with E-state index in [4.69, 9.17) is 0 Å². The van der Waals surface area contributed by atoms with Gasteiger partial charge < -0.3 is 10.2 Å². The summed E-state index contributed by atoms with van der Waals surface area (Å²) >= 11 is 0. The molecule has 2 fully saturated rings. The minimum absolute atomic E-state index is 0.248. The second-order valence-corrected chi connectivity index (χ2v) is 4.86. The molecule has 1 saturated heterocycles. The standard InChI is InChI=1S/C12H22N2O/c1-2-14(9-10-5-6-10)12(15)11-4-3-7-13-8-11/h10-11,13H,2-9H2,1H3/t11-/m1/s1. The molecular weight excluding hydrogens is 188 g/mol. The maximum atomic E-state index is 12.2. The summed E-state index contributed by atoms with van der Waals surface area (Å²) < 4.78 is 0. The lowest BCUT2D eigenvalue weighted by atomic mass is 9.98. The highest BCUT2D eigenvalue weighted by Crippen LogP contribution is 2.30. The molecule has 1 aliphatic heterocycles. The lowest BCUT2D eigenvalue weighted by Crippen LogP contribution is -2.43. The van der Waals surface area contributed by atoms with Crippen molar-refractivity contribution in [1.82, 2.24) is 10.2 Å². The topological polar surface area (TPSA) is 32.3 Å². The van der Waals surface area contributed by atoms with Gasteiger partial charge in [-0.05, 0) is 45.1 Å². The van der Waals surface area contributed by atoms with Crippen molar-refractivity contribution in [3.8, 4) is 0 Å². The van der Waals surface area contributed by atoms with Gasteiger partial charge in [0, 0.05) is 19.6 Å². The zero-order chi connectivity index (χ0) is 10.7. The fraction of sp³-hybridized carbons (Fsp3) is 0.917. The molecule has 2 rings (SSSR count). The Bertz CT molecular complexity index is 220. The molecule has 0 aromatic carbocycles. The smallest absolute Gasteiger partial charge is 0.226 e. The lowest BCUT2D eigenvalue weighted by molar-refractivity contribution is -0.136. The van der Waals surface area contributed by atoms with E-state index in [1.54, 1.807) is 0 Å². The molecule has 0 spiro atoms. The van der Waals surface area contributed by atoms with E-state index in [9.17, 15) is 4.79 Å². The van der Waals surface area contributed by atoms with Gasteiger partial charge in [-0.25, -0.2) is 0 Å². The third-order valence-electron chi connectivity index (χ3n) is 3.52. The predicted molar refractivity (Wildman–Crippen MR) is 60.6 cm³/mol. The number of carbonyl (C=O) groups is 1. The monoisotopic (exact) mass is 210 g/mol. The summed E-state index contributed by atoms with van der Waals surface area (Å²) in [6, 6.07) is 0. The summed E-state index contributed by atoms with van der Waals surface area (Å²) in [6.45, 7) is 5.95. The maximum absolute atomic E-state index is 12.2. The molecular formula is C12H22N2O. The van der Waals surface area contributed by atoms with E-state index in [1.165, 1.54) is 12.8 Å². The van der Waals surface area contributed by atoms with Gasteiger partial charge in [0.05, 0.1) is 5.92 Å². The zero-order valence-electron chi connectivity index (χ0n) is 9.67. The Morgan fingerprint density at radius 3 is 2.73 bits per heavy atom. The third-order valence-corrected chi connectivity index (χ3v) is 3.52. The normalized spacial score (nSPS) is 26.3. The summed E-state index contributed by atoms with van der Waals surface area (Å²) in [4.78, 5) is 14.2. The van der Waals surface area contributed by atoms with Crippen molar-refractivity contribution in [2.24, 2.45) is 11.8 Å². The van der Waals surface area contributed by atoms with Gasteiger partial charge in [-0.1, -0.05) is 0 Å². The number of hydrogen-bond acceptors (Lipinski definition) is 2. The van der Waals surface area contributed by atoms with Crippen LogP contribution in [-0.2, 0) is 4.79 Å². The first-order chi connectivity index (χ1) is 7.31. The van der Waals surface area contributed by atoms with Crippen molar-refractivity contribution in [1.29, 1.82) is 0 Å². The summed E-state index contributed by atoms with van der Waals surface area (Å²) in [7, 11) is 0. The van der Waals surface area contributed by atoms with Gasteiger partial charge in [0.2, 0.25) is 5.91 Å². The van der Waals surface area contributed by atoms with Gasteiger partial charge in [-0.2, -0.15) is 0 Å². The molecule has 3 nitrogen and oxygen atoms in total. The van der Waals surface area contributed by atoms with Crippen molar-refractivity contribution in [3.63, 3.8) is 0 Å². The third kappa shape index (κ3) is 2.94. The Morgan fingerprint density at radius 2 is 2.20 bits per heavy atom. The van der Waals surface area contributed by atoms with Crippen LogP contribution in [0.25, 0.3) is 0 Å². The summed E-state index contributed by atoms with van der Waals surface area (Å²) in [5.41, 5.74) is 0. The van der Waals surface area contributed by atoms with Gasteiger partial charge in [-0.15, -0.1) is 0 Å². The lowest BCUT2D eigenvalue weighted by Gasteiger charge is -2.29. The van der Waals surface area contributed by atoms with Crippen molar-refractivity contribution in [2.45, 2.75) is 32.6 Å². The van der Waals surface area contributed by atoms with Gasteiger partial charge in [0.15, 0.2) is 0 Å². The molecule has 0 radical (unpaired) electrons. The molecule has 1 N–H and O–H groups in total. The number of carbonyl (C=O) groups excluding carboxylic acids is 1. The van der Waals surface area contributed by atoms with Crippen LogP contribution in [0.2, 0.25) is 0 Å². The van der Waals surface area contributed by atoms with Crippen LogP contribution in [0.15, 0.2) is 0 Å². The van der Waals surface area contributed by atoms with Crippen LogP contribution in [0.1, 0.15) is 32.6 Å². The van der Waals surface area contributed by atoms with Crippen LogP contribution in [0, 0.1) is 11.8 Å². The average molecular weight is 210 g/mol. The van der Waals surface area contributed by atoms with Crippen molar-refractivity contribution in [2.75, 3.05) is 26.2 Å². The first kappa shape index (κ1) is 10.9. The molecule has 86 valence electrons. The summed E-state index contributed by atoms with van der Waals surface area (Å²) in [5.74, 6) is 1.44. The largest absolute Gasteiger partial charge is 0.342 e. The second-order valence-electron chi connectivity index (χ2n) is 4.86. The zero-order valence-corrected chi connectivity index (χ0v) is 9.67. The fourth-order valence-electron chi connectivity index (χ4n) is 2.31. The molecule has 2 aliphatic rings. The SMILES string of the molecule is CCN(CC1CC1)C(=O)[C@@H]1CCCNC1. The molecule has 1 aliphatic carbocycles. The molecule has 0 unspecified atom stereocenters. The number of nitrogens with one attached hydrogen (secondary N) is 1. The highest BCUT2D eigenvalue weighted by atomic mass is 16.2. The molecule has 0 bridgehead atoms. The Morgan fingerprint density at radius 1 is 1.40 bits per heavy atom. The van der Waals surface area contributed by atoms with Crippen molar-refractivity contribution < 1.29 is 4.79 Å². The van der Waals surface area contributed by atoms with Crippen molar-refractivity contribution in [3.05, 3.63) is 0 Å². The van der Waals surface area contributed by atoms with Crippen LogP contribution in [0.3, 0.4) is 0 Å². The Balaban J connectivity index is 1.84. The minimum Gasteiger partial charge on any atom is -0.342 e. The Hall–Kier alpha value is -0.570. The number of rotatable bonds is 4. The fourth-order valence-corrected chi connectivity index (χ4v) is 2.31. The Kier molecular flexibility index (Phi) is 3.62. The van der Waals surface area contributed by atoms with Crippen LogP contribution in [-0.4, -0.2) is 37.0 Å². The van der Waals surface area contributed by atoms with E-state index in [0.29, 0.717) is 5.91 Å². The molecule has 1 heterocycles. The van der Waals surface area contributed by atoms with E-state index in [1.807, 2.05) is 0 Å². The molecule has 1 saturated carbocycles. The van der Waals surface area contributed by atoms with Crippen molar-refractivity contribution >= 4 is 5.91 Å². The summed E-state index contributed by atoms with van der Waals surface area (Å²) in [5, 5.41) is 3.32. The van der Waals surface area contributed by atoms with E-state index >= 15 is 0 Å². The van der Waals surface area contributed by atoms with Crippen LogP contribution in [0.5, 0.6) is 0 Å². The van der Waals surface area contributed by atoms with Crippen LogP contribution < -0.4 is 5.32 Å². The molecule has 1 amide bonds. The van der Waals surface area contributed by atoms with Crippen LogP contribution >= 0.6 is 0 Å². The molecule has 0 aromatic rings. The Labute approximate surface area is 92.2 Å².